The van der Waals surface area contributed by atoms with Gasteiger partial charge in [-0.05, 0) is 30.5 Å². The number of aryl methyl sites for hydroxylation is 1. The van der Waals surface area contributed by atoms with Crippen molar-refractivity contribution in [1.82, 2.24) is 16.0 Å². The van der Waals surface area contributed by atoms with Crippen molar-refractivity contribution < 1.29 is 82.5 Å². The van der Waals surface area contributed by atoms with Gasteiger partial charge in [-0.25, -0.2) is 5.26 Å². The second kappa shape index (κ2) is 32.4. The highest BCUT2D eigenvalue weighted by atomic mass is 17.1. The maximum atomic E-state index is 13.1. The summed E-state index contributed by atoms with van der Waals surface area (Å²) in [6, 6.07) is 6.77. The molecule has 7 N–H and O–H groups in total. The number of carbonyl (C=O) groups is 4. The van der Waals surface area contributed by atoms with Crippen LogP contribution in [-0.4, -0.2) is 180 Å². The van der Waals surface area contributed by atoms with Crippen LogP contribution in [0, 0.1) is 0 Å². The van der Waals surface area contributed by atoms with Gasteiger partial charge < -0.3 is 78.8 Å². The first kappa shape index (κ1) is 51.8. The summed E-state index contributed by atoms with van der Waals surface area (Å²) < 4.78 is 44.8. The number of rotatable bonds is 36. The zero-order valence-corrected chi connectivity index (χ0v) is 34.1. The van der Waals surface area contributed by atoms with Crippen LogP contribution in [0.25, 0.3) is 0 Å². The number of nitrogens with one attached hydrogen (secondary N) is 3. The summed E-state index contributed by atoms with van der Waals surface area (Å²) in [6.07, 6.45) is -1.36. The molecule has 1 aliphatic rings. The molecule has 0 bridgehead atoms. The van der Waals surface area contributed by atoms with Crippen molar-refractivity contribution in [3.8, 4) is 5.75 Å². The molecule has 0 radical (unpaired) electrons. The van der Waals surface area contributed by atoms with Crippen molar-refractivity contribution in [2.75, 3.05) is 106 Å². The van der Waals surface area contributed by atoms with Crippen molar-refractivity contribution >= 4 is 24.0 Å². The van der Waals surface area contributed by atoms with Crippen molar-refractivity contribution in [2.24, 2.45) is 0 Å². The van der Waals surface area contributed by atoms with Gasteiger partial charge in [0.15, 0.2) is 12.0 Å². The fourth-order valence-corrected chi connectivity index (χ4v) is 5.51. The van der Waals surface area contributed by atoms with Crippen LogP contribution in [0.4, 0.5) is 0 Å². The van der Waals surface area contributed by atoms with E-state index in [1.807, 2.05) is 6.92 Å². The average molecular weight is 848 g/mol. The van der Waals surface area contributed by atoms with Gasteiger partial charge in [0.2, 0.25) is 17.7 Å². The van der Waals surface area contributed by atoms with Crippen molar-refractivity contribution in [1.29, 1.82) is 0 Å². The smallest absolute Gasteiger partial charge is 0.222 e. The normalized spacial score (nSPS) is 18.8. The van der Waals surface area contributed by atoms with E-state index in [1.54, 1.807) is 24.3 Å². The molecule has 5 atom stereocenters. The molecule has 3 amide bonds. The van der Waals surface area contributed by atoms with E-state index in [4.69, 9.17) is 43.2 Å². The maximum absolute atomic E-state index is 13.1. The summed E-state index contributed by atoms with van der Waals surface area (Å²) in [5.74, 6) is -0.407. The number of hydrogen-bond acceptors (Lipinski definition) is 17. The van der Waals surface area contributed by atoms with Crippen molar-refractivity contribution in [2.45, 2.75) is 82.0 Å². The minimum absolute atomic E-state index is 0.000641. The van der Waals surface area contributed by atoms with E-state index in [0.717, 1.165) is 18.3 Å². The Morgan fingerprint density at radius 3 is 1.97 bits per heavy atom. The van der Waals surface area contributed by atoms with E-state index in [1.165, 1.54) is 0 Å². The van der Waals surface area contributed by atoms with Gasteiger partial charge in [0.25, 0.3) is 0 Å². The molecule has 338 valence electrons. The lowest BCUT2D eigenvalue weighted by atomic mass is 10.0. The predicted molar refractivity (Wildman–Crippen MR) is 208 cm³/mol. The largest absolute Gasteiger partial charge is 0.394 e. The van der Waals surface area contributed by atoms with Crippen LogP contribution in [0.2, 0.25) is 0 Å². The summed E-state index contributed by atoms with van der Waals surface area (Å²) >= 11 is 0. The van der Waals surface area contributed by atoms with Gasteiger partial charge in [-0.3, -0.25) is 14.4 Å². The van der Waals surface area contributed by atoms with Crippen molar-refractivity contribution in [3.63, 3.8) is 0 Å². The first-order valence-corrected chi connectivity index (χ1v) is 20.0. The lowest BCUT2D eigenvalue weighted by molar-refractivity contribution is -0.258. The first-order chi connectivity index (χ1) is 28.6. The second-order valence-electron chi connectivity index (χ2n) is 13.7. The molecule has 1 fully saturated rings. The van der Waals surface area contributed by atoms with Gasteiger partial charge in [0.05, 0.1) is 92.0 Å². The SMILES string of the molecule is CCCOCC(COCCC=O)(COCCC(=O)NCCOCCOC1CC(O)C(O)C(CO)O1)NC(=O)CCOCCOCCNC(=O)CCc1ccc(OO)cc1. The summed E-state index contributed by atoms with van der Waals surface area (Å²) in [5, 5.41) is 46.0. The highest BCUT2D eigenvalue weighted by molar-refractivity contribution is 5.77. The Bertz CT molecular complexity index is 1280. The number of hydrogen-bond donors (Lipinski definition) is 7. The third-order valence-corrected chi connectivity index (χ3v) is 8.64. The molecule has 0 aromatic heterocycles. The molecule has 0 saturated carbocycles. The van der Waals surface area contributed by atoms with Gasteiger partial charge in [0, 0.05) is 51.8 Å². The number of amides is 3. The minimum atomic E-state index is -1.18. The van der Waals surface area contributed by atoms with Gasteiger partial charge in [-0.15, -0.1) is 0 Å². The van der Waals surface area contributed by atoms with Gasteiger partial charge in [0.1, 0.15) is 24.0 Å². The Morgan fingerprint density at radius 2 is 1.34 bits per heavy atom. The number of aliphatic hydroxyl groups is 3. The van der Waals surface area contributed by atoms with E-state index < -0.39 is 36.7 Å². The molecule has 1 heterocycles. The van der Waals surface area contributed by atoms with Gasteiger partial charge in [-0.1, -0.05) is 19.1 Å². The van der Waals surface area contributed by atoms with Crippen LogP contribution in [-0.2, 0) is 63.5 Å². The van der Waals surface area contributed by atoms with Crippen LogP contribution in [0.3, 0.4) is 0 Å². The summed E-state index contributed by atoms with van der Waals surface area (Å²) in [7, 11) is 0. The van der Waals surface area contributed by atoms with E-state index in [-0.39, 0.29) is 123 Å². The van der Waals surface area contributed by atoms with Crippen LogP contribution < -0.4 is 20.8 Å². The van der Waals surface area contributed by atoms with Crippen molar-refractivity contribution in [3.05, 3.63) is 29.8 Å². The molecule has 0 aliphatic carbocycles. The molecule has 20 nitrogen and oxygen atoms in total. The van der Waals surface area contributed by atoms with Gasteiger partial charge in [-0.2, -0.15) is 0 Å². The monoisotopic (exact) mass is 847 g/mol. The molecule has 1 aromatic rings. The Morgan fingerprint density at radius 1 is 0.763 bits per heavy atom. The lowest BCUT2D eigenvalue weighted by Gasteiger charge is -2.35. The second-order valence-corrected chi connectivity index (χ2v) is 13.7. The lowest BCUT2D eigenvalue weighted by Crippen LogP contribution is -2.58. The Labute approximate surface area is 345 Å². The number of benzene rings is 1. The number of carbonyl (C=O) groups excluding carboxylic acids is 4. The van der Waals surface area contributed by atoms with Gasteiger partial charge >= 0.3 is 0 Å². The fraction of sp³-hybridized carbons (Fsp3) is 0.744. The molecule has 1 aliphatic heterocycles. The van der Waals surface area contributed by atoms with Crippen LogP contribution in [0.1, 0.15) is 51.0 Å². The van der Waals surface area contributed by atoms with E-state index >= 15 is 0 Å². The number of aldehydes is 1. The third kappa shape index (κ3) is 23.9. The molecule has 1 saturated heterocycles. The molecule has 2 rings (SSSR count). The molecular weight excluding hydrogens is 782 g/mol. The first-order valence-electron chi connectivity index (χ1n) is 20.0. The highest BCUT2D eigenvalue weighted by Gasteiger charge is 2.37. The molecule has 59 heavy (non-hydrogen) atoms. The van der Waals surface area contributed by atoms with Crippen LogP contribution >= 0.6 is 0 Å². The molecule has 5 unspecified atom stereocenters. The van der Waals surface area contributed by atoms with Crippen LogP contribution in [0.5, 0.6) is 5.75 Å². The summed E-state index contributed by atoms with van der Waals surface area (Å²) in [5.41, 5.74) is -0.168. The molecule has 20 heteroatoms. The Hall–Kier alpha value is -3.38. The maximum Gasteiger partial charge on any atom is 0.222 e. The highest BCUT2D eigenvalue weighted by Crippen LogP contribution is 2.21. The number of ether oxygens (including phenoxy) is 8. The predicted octanol–water partition coefficient (Wildman–Crippen LogP) is -0.717. The zero-order valence-electron chi connectivity index (χ0n) is 34.1. The fourth-order valence-electron chi connectivity index (χ4n) is 5.51. The number of aliphatic hydroxyl groups excluding tert-OH is 3. The summed E-state index contributed by atoms with van der Waals surface area (Å²) in [6.45, 7) is 4.17. The Balaban J connectivity index is 1.64. The minimum Gasteiger partial charge on any atom is -0.394 e. The van der Waals surface area contributed by atoms with E-state index in [9.17, 15) is 34.5 Å². The third-order valence-electron chi connectivity index (χ3n) is 8.64. The Kier molecular flexibility index (Phi) is 28.4. The van der Waals surface area contributed by atoms with E-state index in [2.05, 4.69) is 20.8 Å². The van der Waals surface area contributed by atoms with E-state index in [0.29, 0.717) is 38.3 Å². The summed E-state index contributed by atoms with van der Waals surface area (Å²) in [4.78, 5) is 52.6. The topological polar surface area (TPSA) is 268 Å². The molecular formula is C39H65N3O17. The average Bonchev–Trinajstić information content (AvgIpc) is 3.23. The molecule has 1 aromatic carbocycles. The zero-order chi connectivity index (χ0) is 43.0. The quantitative estimate of drug-likeness (QED) is 0.0190. The standard InChI is InChI=1S/C39H65N3O17/c1-2-15-54-27-39(28-55-16-3-14-43,29-56-18-10-35(47)41-13-20-53-23-24-57-37-25-32(45)38(49)33(26-44)58-37)42-36(48)11-17-51-21-22-52-19-12-40-34(46)9-6-30-4-7-31(59-50)8-5-30/h4-5,7-8,14,32-33,37-38,44-45,49-50H,2-3,6,9-13,15-29H2,1H3,(H,40,46)(H,41,47)(H,42,48). The van der Waals surface area contributed by atoms with Crippen LogP contribution in [0.15, 0.2) is 24.3 Å². The molecule has 0 spiro atoms.